The smallest absolute Gasteiger partial charge is 0.159 e. The van der Waals surface area contributed by atoms with Crippen molar-refractivity contribution in [3.63, 3.8) is 0 Å². The molecule has 0 aliphatic carbocycles. The molecular weight excluding hydrogens is 222 g/mol. The van der Waals surface area contributed by atoms with Gasteiger partial charge in [-0.3, -0.25) is 0 Å². The molecule has 0 radical (unpaired) electrons. The summed E-state index contributed by atoms with van der Waals surface area (Å²) in [6.45, 7) is 4.80. The highest BCUT2D eigenvalue weighted by Gasteiger charge is 2.20. The van der Waals surface area contributed by atoms with Gasteiger partial charge in [0.1, 0.15) is 0 Å². The van der Waals surface area contributed by atoms with Crippen LogP contribution in [0.1, 0.15) is 18.9 Å². The van der Waals surface area contributed by atoms with Gasteiger partial charge in [0.05, 0.1) is 0 Å². The first kappa shape index (κ1) is 12.5. The summed E-state index contributed by atoms with van der Waals surface area (Å²) in [6.07, 6.45) is 1.07. The van der Waals surface area contributed by atoms with E-state index < -0.39 is 11.6 Å². The van der Waals surface area contributed by atoms with Gasteiger partial charge < -0.3 is 10.6 Å². The highest BCUT2D eigenvalue weighted by Crippen LogP contribution is 2.13. The van der Waals surface area contributed by atoms with Crippen LogP contribution < -0.4 is 10.6 Å². The number of halogens is 2. The normalized spacial score (nSPS) is 24.9. The molecule has 1 aliphatic heterocycles. The van der Waals surface area contributed by atoms with E-state index in [1.807, 2.05) is 0 Å². The molecule has 2 unspecified atom stereocenters. The van der Waals surface area contributed by atoms with Crippen LogP contribution in [-0.4, -0.2) is 19.1 Å². The minimum Gasteiger partial charge on any atom is -0.316 e. The van der Waals surface area contributed by atoms with Crippen LogP contribution in [0.25, 0.3) is 0 Å². The first-order valence-corrected chi connectivity index (χ1v) is 6.05. The van der Waals surface area contributed by atoms with Crippen LogP contribution in [0.5, 0.6) is 0 Å². The molecule has 1 aromatic rings. The Morgan fingerprint density at radius 3 is 2.88 bits per heavy atom. The van der Waals surface area contributed by atoms with Crippen LogP contribution in [0.3, 0.4) is 0 Å². The molecular formula is C13H18F2N2. The number of nitrogens with one attached hydrogen (secondary N) is 2. The lowest BCUT2D eigenvalue weighted by Crippen LogP contribution is -2.46. The third-order valence-electron chi connectivity index (χ3n) is 3.34. The lowest BCUT2D eigenvalue weighted by molar-refractivity contribution is 0.295. The Balaban J connectivity index is 1.90. The van der Waals surface area contributed by atoms with E-state index >= 15 is 0 Å². The zero-order chi connectivity index (χ0) is 12.3. The van der Waals surface area contributed by atoms with Gasteiger partial charge in [-0.25, -0.2) is 8.78 Å². The van der Waals surface area contributed by atoms with E-state index in [9.17, 15) is 8.78 Å². The summed E-state index contributed by atoms with van der Waals surface area (Å²) >= 11 is 0. The molecule has 4 heteroatoms. The van der Waals surface area contributed by atoms with E-state index in [0.29, 0.717) is 18.5 Å². The van der Waals surface area contributed by atoms with Gasteiger partial charge in [0, 0.05) is 12.6 Å². The second-order valence-corrected chi connectivity index (χ2v) is 4.71. The third-order valence-corrected chi connectivity index (χ3v) is 3.34. The molecule has 0 amide bonds. The molecule has 2 nitrogen and oxygen atoms in total. The summed E-state index contributed by atoms with van der Waals surface area (Å²) in [5, 5.41) is 6.73. The van der Waals surface area contributed by atoms with Crippen molar-refractivity contribution >= 4 is 0 Å². The van der Waals surface area contributed by atoms with Gasteiger partial charge in [-0.05, 0) is 43.1 Å². The molecule has 0 saturated carbocycles. The average Bonchev–Trinajstić information content (AvgIpc) is 2.32. The Morgan fingerprint density at radius 2 is 2.18 bits per heavy atom. The Bertz CT molecular complexity index is 382. The van der Waals surface area contributed by atoms with Gasteiger partial charge in [0.15, 0.2) is 11.6 Å². The summed E-state index contributed by atoms with van der Waals surface area (Å²) in [4.78, 5) is 0. The molecule has 2 atom stereocenters. The lowest BCUT2D eigenvalue weighted by Gasteiger charge is -2.30. The molecule has 17 heavy (non-hydrogen) atoms. The zero-order valence-electron chi connectivity index (χ0n) is 9.97. The van der Waals surface area contributed by atoms with Crippen LogP contribution >= 0.6 is 0 Å². The molecule has 1 heterocycles. The van der Waals surface area contributed by atoms with Crippen molar-refractivity contribution in [1.82, 2.24) is 10.6 Å². The van der Waals surface area contributed by atoms with E-state index in [1.165, 1.54) is 12.1 Å². The fourth-order valence-electron chi connectivity index (χ4n) is 2.22. The first-order valence-electron chi connectivity index (χ1n) is 6.05. The van der Waals surface area contributed by atoms with Crippen LogP contribution in [0.15, 0.2) is 18.2 Å². The minimum atomic E-state index is -0.788. The predicted octanol–water partition coefficient (Wildman–Crippen LogP) is 2.05. The molecule has 0 aromatic heterocycles. The van der Waals surface area contributed by atoms with Gasteiger partial charge in [0.25, 0.3) is 0 Å². The van der Waals surface area contributed by atoms with Crippen molar-refractivity contribution in [1.29, 1.82) is 0 Å². The van der Waals surface area contributed by atoms with Crippen LogP contribution in [0, 0.1) is 17.6 Å². The Hall–Kier alpha value is -1.00. The topological polar surface area (TPSA) is 24.1 Å². The van der Waals surface area contributed by atoms with Crippen molar-refractivity contribution in [3.8, 4) is 0 Å². The molecule has 1 aliphatic rings. The Labute approximate surface area is 100 Å². The van der Waals surface area contributed by atoms with Crippen LogP contribution in [0.2, 0.25) is 0 Å². The highest BCUT2D eigenvalue weighted by atomic mass is 19.2. The Morgan fingerprint density at radius 1 is 1.35 bits per heavy atom. The van der Waals surface area contributed by atoms with Crippen molar-refractivity contribution in [3.05, 3.63) is 35.4 Å². The average molecular weight is 240 g/mol. The van der Waals surface area contributed by atoms with Crippen molar-refractivity contribution < 1.29 is 8.78 Å². The quantitative estimate of drug-likeness (QED) is 0.845. The molecule has 0 bridgehead atoms. The zero-order valence-corrected chi connectivity index (χ0v) is 9.97. The van der Waals surface area contributed by atoms with Gasteiger partial charge >= 0.3 is 0 Å². The molecule has 2 N–H and O–H groups in total. The van der Waals surface area contributed by atoms with Crippen molar-refractivity contribution in [2.75, 3.05) is 13.1 Å². The standard InChI is InChI=1S/C13H18F2N2/c1-9-7-16-5-4-13(9)17-8-10-2-3-11(14)12(15)6-10/h2-3,6,9,13,16-17H,4-5,7-8H2,1H3. The van der Waals surface area contributed by atoms with E-state index in [0.717, 1.165) is 25.1 Å². The molecule has 94 valence electrons. The number of hydrogen-bond donors (Lipinski definition) is 2. The minimum absolute atomic E-state index is 0.448. The molecule has 1 fully saturated rings. The monoisotopic (exact) mass is 240 g/mol. The summed E-state index contributed by atoms with van der Waals surface area (Å²) < 4.78 is 25.8. The number of hydrogen-bond acceptors (Lipinski definition) is 2. The fourth-order valence-corrected chi connectivity index (χ4v) is 2.22. The van der Waals surface area contributed by atoms with E-state index in [-0.39, 0.29) is 0 Å². The number of benzene rings is 1. The Kier molecular flexibility index (Phi) is 4.07. The maximum atomic E-state index is 13.0. The lowest BCUT2D eigenvalue weighted by atomic mass is 9.95. The maximum Gasteiger partial charge on any atom is 0.159 e. The molecule has 2 rings (SSSR count). The highest BCUT2D eigenvalue weighted by molar-refractivity contribution is 5.17. The summed E-state index contributed by atoms with van der Waals surface area (Å²) in [7, 11) is 0. The van der Waals surface area contributed by atoms with Gasteiger partial charge in [-0.15, -0.1) is 0 Å². The first-order chi connectivity index (χ1) is 8.16. The van der Waals surface area contributed by atoms with Gasteiger partial charge in [-0.2, -0.15) is 0 Å². The predicted molar refractivity (Wildman–Crippen MR) is 63.6 cm³/mol. The number of piperidine rings is 1. The van der Waals surface area contributed by atoms with Crippen molar-refractivity contribution in [2.24, 2.45) is 5.92 Å². The second kappa shape index (κ2) is 5.56. The summed E-state index contributed by atoms with van der Waals surface area (Å²) in [5.41, 5.74) is 0.787. The van der Waals surface area contributed by atoms with E-state index in [1.54, 1.807) is 6.07 Å². The second-order valence-electron chi connectivity index (χ2n) is 4.71. The molecule has 1 saturated heterocycles. The van der Waals surface area contributed by atoms with E-state index in [4.69, 9.17) is 0 Å². The number of rotatable bonds is 3. The van der Waals surface area contributed by atoms with Crippen molar-refractivity contribution in [2.45, 2.75) is 25.9 Å². The van der Waals surface area contributed by atoms with Crippen LogP contribution in [0.4, 0.5) is 8.78 Å². The van der Waals surface area contributed by atoms with Gasteiger partial charge in [0.2, 0.25) is 0 Å². The van der Waals surface area contributed by atoms with E-state index in [2.05, 4.69) is 17.6 Å². The maximum absolute atomic E-state index is 13.0. The summed E-state index contributed by atoms with van der Waals surface area (Å²) in [5.74, 6) is -0.999. The van der Waals surface area contributed by atoms with Crippen LogP contribution in [-0.2, 0) is 6.54 Å². The summed E-state index contributed by atoms with van der Waals surface area (Å²) in [6, 6.07) is 4.51. The molecule has 0 spiro atoms. The SMILES string of the molecule is CC1CNCCC1NCc1ccc(F)c(F)c1. The fraction of sp³-hybridized carbons (Fsp3) is 0.538. The third kappa shape index (κ3) is 3.23. The largest absolute Gasteiger partial charge is 0.316 e. The molecule has 1 aromatic carbocycles. The van der Waals surface area contributed by atoms with Gasteiger partial charge in [-0.1, -0.05) is 13.0 Å².